The Hall–Kier alpha value is -0.500. The molecule has 0 aromatic carbocycles. The fraction of sp³-hybridized carbons (Fsp3) is 0.800. The van der Waals surface area contributed by atoms with E-state index in [1.807, 2.05) is 0 Å². The lowest BCUT2D eigenvalue weighted by molar-refractivity contribution is 0.193. The van der Waals surface area contributed by atoms with Crippen molar-refractivity contribution in [1.29, 1.82) is 0 Å². The SMILES string of the molecule is C=C1N(C)NCCCCC1(C)C. The van der Waals surface area contributed by atoms with Gasteiger partial charge in [0.1, 0.15) is 0 Å². The van der Waals surface area contributed by atoms with Crippen LogP contribution in [0.1, 0.15) is 33.1 Å². The van der Waals surface area contributed by atoms with Crippen molar-refractivity contribution in [3.63, 3.8) is 0 Å². The van der Waals surface area contributed by atoms with Crippen molar-refractivity contribution >= 4 is 0 Å². The largest absolute Gasteiger partial charge is 0.316 e. The third-order valence-corrected chi connectivity index (χ3v) is 2.76. The summed E-state index contributed by atoms with van der Waals surface area (Å²) in [4.78, 5) is 0. The molecule has 70 valence electrons. The smallest absolute Gasteiger partial charge is 0.0275 e. The lowest BCUT2D eigenvalue weighted by Gasteiger charge is -2.36. The van der Waals surface area contributed by atoms with Gasteiger partial charge in [-0.1, -0.05) is 26.8 Å². The van der Waals surface area contributed by atoms with Crippen LogP contribution in [-0.2, 0) is 0 Å². The van der Waals surface area contributed by atoms with Gasteiger partial charge >= 0.3 is 0 Å². The van der Waals surface area contributed by atoms with E-state index in [4.69, 9.17) is 0 Å². The maximum Gasteiger partial charge on any atom is 0.0275 e. The normalized spacial score (nSPS) is 24.9. The van der Waals surface area contributed by atoms with Crippen LogP contribution in [0.4, 0.5) is 0 Å². The summed E-state index contributed by atoms with van der Waals surface area (Å²) in [7, 11) is 2.05. The third-order valence-electron chi connectivity index (χ3n) is 2.76. The van der Waals surface area contributed by atoms with Crippen molar-refractivity contribution in [2.45, 2.75) is 33.1 Å². The molecule has 2 nitrogen and oxygen atoms in total. The maximum absolute atomic E-state index is 4.11. The van der Waals surface area contributed by atoms with Crippen LogP contribution in [0.15, 0.2) is 12.3 Å². The Labute approximate surface area is 75.6 Å². The van der Waals surface area contributed by atoms with E-state index >= 15 is 0 Å². The van der Waals surface area contributed by atoms with Crippen LogP contribution in [-0.4, -0.2) is 18.6 Å². The summed E-state index contributed by atoms with van der Waals surface area (Å²) in [5, 5.41) is 2.07. The third kappa shape index (κ3) is 2.01. The highest BCUT2D eigenvalue weighted by Crippen LogP contribution is 2.32. The van der Waals surface area contributed by atoms with Gasteiger partial charge in [-0.25, -0.2) is 5.43 Å². The average Bonchev–Trinajstić information content (AvgIpc) is 2.00. The van der Waals surface area contributed by atoms with E-state index in [0.29, 0.717) is 0 Å². The Balaban J connectivity index is 2.67. The summed E-state index contributed by atoms with van der Waals surface area (Å²) in [5.41, 5.74) is 4.77. The van der Waals surface area contributed by atoms with E-state index < -0.39 is 0 Å². The van der Waals surface area contributed by atoms with Gasteiger partial charge in [0.25, 0.3) is 0 Å². The Bertz CT molecular complexity index is 173. The van der Waals surface area contributed by atoms with Gasteiger partial charge in [0.2, 0.25) is 0 Å². The van der Waals surface area contributed by atoms with Crippen molar-refractivity contribution in [2.24, 2.45) is 5.41 Å². The van der Waals surface area contributed by atoms with Crippen LogP contribution in [0.25, 0.3) is 0 Å². The predicted molar refractivity (Wildman–Crippen MR) is 52.5 cm³/mol. The van der Waals surface area contributed by atoms with Crippen molar-refractivity contribution in [3.05, 3.63) is 12.3 Å². The second kappa shape index (κ2) is 3.48. The molecule has 1 N–H and O–H groups in total. The number of hydrogen-bond donors (Lipinski definition) is 1. The van der Waals surface area contributed by atoms with Crippen LogP contribution >= 0.6 is 0 Å². The molecule has 0 unspecified atom stereocenters. The van der Waals surface area contributed by atoms with Crippen LogP contribution in [0.2, 0.25) is 0 Å². The van der Waals surface area contributed by atoms with Gasteiger partial charge in [0, 0.05) is 24.7 Å². The molecule has 1 aliphatic rings. The van der Waals surface area contributed by atoms with Crippen LogP contribution in [0, 0.1) is 5.41 Å². The fourth-order valence-electron chi connectivity index (χ4n) is 1.63. The number of allylic oxidation sites excluding steroid dienone is 1. The number of rotatable bonds is 0. The number of hydrogen-bond acceptors (Lipinski definition) is 2. The summed E-state index contributed by atoms with van der Waals surface area (Å²) in [6, 6.07) is 0. The van der Waals surface area contributed by atoms with Gasteiger partial charge < -0.3 is 5.01 Å². The summed E-state index contributed by atoms with van der Waals surface area (Å²) in [6.07, 6.45) is 3.81. The molecule has 1 saturated heterocycles. The zero-order valence-corrected chi connectivity index (χ0v) is 8.48. The predicted octanol–water partition coefficient (Wildman–Crippen LogP) is 2.15. The molecule has 2 heteroatoms. The first-order chi connectivity index (χ1) is 5.54. The number of nitrogens with zero attached hydrogens (tertiary/aromatic N) is 1. The van der Waals surface area contributed by atoms with Gasteiger partial charge in [0.15, 0.2) is 0 Å². The van der Waals surface area contributed by atoms with Crippen LogP contribution in [0.5, 0.6) is 0 Å². The van der Waals surface area contributed by atoms with Gasteiger partial charge in [-0.15, -0.1) is 0 Å². The quantitative estimate of drug-likeness (QED) is 0.596. The lowest BCUT2D eigenvalue weighted by atomic mass is 9.83. The molecule has 0 atom stereocenters. The molecule has 0 saturated carbocycles. The van der Waals surface area contributed by atoms with Gasteiger partial charge in [-0.05, 0) is 12.8 Å². The standard InChI is InChI=1S/C10H20N2/c1-9-10(2,3)7-5-6-8-11-12(9)4/h11H,1,5-8H2,2-4H3. The molecule has 1 fully saturated rings. The van der Waals surface area contributed by atoms with E-state index in [0.717, 1.165) is 6.54 Å². The Morgan fingerprint density at radius 3 is 2.75 bits per heavy atom. The molecule has 12 heavy (non-hydrogen) atoms. The van der Waals surface area contributed by atoms with Gasteiger partial charge in [-0.2, -0.15) is 0 Å². The van der Waals surface area contributed by atoms with Crippen molar-refractivity contribution in [2.75, 3.05) is 13.6 Å². The summed E-state index contributed by atoms with van der Waals surface area (Å²) < 4.78 is 0. The Morgan fingerprint density at radius 1 is 1.42 bits per heavy atom. The number of nitrogens with one attached hydrogen (secondary N) is 1. The van der Waals surface area contributed by atoms with Gasteiger partial charge in [-0.3, -0.25) is 0 Å². The first-order valence-corrected chi connectivity index (χ1v) is 4.71. The summed E-state index contributed by atoms with van der Waals surface area (Å²) in [5.74, 6) is 0. The maximum atomic E-state index is 4.11. The second-order valence-electron chi connectivity index (χ2n) is 4.25. The zero-order valence-electron chi connectivity index (χ0n) is 8.48. The highest BCUT2D eigenvalue weighted by atomic mass is 15.5. The molecule has 1 aliphatic heterocycles. The van der Waals surface area contributed by atoms with E-state index in [9.17, 15) is 0 Å². The minimum absolute atomic E-state index is 0.252. The molecule has 0 aliphatic carbocycles. The van der Waals surface area contributed by atoms with E-state index in [1.165, 1.54) is 25.0 Å². The molecule has 0 aromatic rings. The fourth-order valence-corrected chi connectivity index (χ4v) is 1.63. The monoisotopic (exact) mass is 168 g/mol. The highest BCUT2D eigenvalue weighted by Gasteiger charge is 2.25. The van der Waals surface area contributed by atoms with E-state index in [-0.39, 0.29) is 5.41 Å². The highest BCUT2D eigenvalue weighted by molar-refractivity contribution is 5.04. The molecular formula is C10H20N2. The lowest BCUT2D eigenvalue weighted by Crippen LogP contribution is -2.40. The Morgan fingerprint density at radius 2 is 2.08 bits per heavy atom. The van der Waals surface area contributed by atoms with E-state index in [1.54, 1.807) is 0 Å². The first kappa shape index (κ1) is 9.59. The molecule has 0 amide bonds. The van der Waals surface area contributed by atoms with Crippen molar-refractivity contribution in [1.82, 2.24) is 10.4 Å². The average molecular weight is 168 g/mol. The minimum atomic E-state index is 0.252. The molecule has 0 radical (unpaired) electrons. The first-order valence-electron chi connectivity index (χ1n) is 4.71. The number of hydrazine groups is 1. The molecular weight excluding hydrogens is 148 g/mol. The minimum Gasteiger partial charge on any atom is -0.316 e. The van der Waals surface area contributed by atoms with Crippen LogP contribution < -0.4 is 5.43 Å². The summed E-state index contributed by atoms with van der Waals surface area (Å²) >= 11 is 0. The van der Waals surface area contributed by atoms with E-state index in [2.05, 4.69) is 37.9 Å². The van der Waals surface area contributed by atoms with Crippen molar-refractivity contribution < 1.29 is 0 Å². The Kier molecular flexibility index (Phi) is 2.78. The zero-order chi connectivity index (χ0) is 9.19. The van der Waals surface area contributed by atoms with Crippen LogP contribution in [0.3, 0.4) is 0 Å². The van der Waals surface area contributed by atoms with Gasteiger partial charge in [0.05, 0.1) is 0 Å². The molecule has 1 heterocycles. The topological polar surface area (TPSA) is 15.3 Å². The molecule has 1 rings (SSSR count). The summed E-state index contributed by atoms with van der Waals surface area (Å²) in [6.45, 7) is 9.71. The van der Waals surface area contributed by atoms with Crippen molar-refractivity contribution in [3.8, 4) is 0 Å². The molecule has 0 bridgehead atoms. The second-order valence-corrected chi connectivity index (χ2v) is 4.25. The molecule has 0 aromatic heterocycles. The molecule has 0 spiro atoms.